The number of esters is 1. The molecule has 138 valence electrons. The van der Waals surface area contributed by atoms with Gasteiger partial charge in [0.25, 0.3) is 0 Å². The van der Waals surface area contributed by atoms with Gasteiger partial charge in [0.15, 0.2) is 5.82 Å². The molecular formula is C19H22N2O5. The van der Waals surface area contributed by atoms with Crippen molar-refractivity contribution in [1.82, 2.24) is 5.16 Å². The summed E-state index contributed by atoms with van der Waals surface area (Å²) < 4.78 is 16.0. The van der Waals surface area contributed by atoms with Crippen molar-refractivity contribution >= 4 is 17.7 Å². The number of benzene rings is 1. The van der Waals surface area contributed by atoms with Gasteiger partial charge in [0.1, 0.15) is 17.6 Å². The van der Waals surface area contributed by atoms with Gasteiger partial charge in [0, 0.05) is 17.0 Å². The van der Waals surface area contributed by atoms with Gasteiger partial charge in [-0.3, -0.25) is 9.59 Å². The van der Waals surface area contributed by atoms with E-state index < -0.39 is 18.0 Å². The van der Waals surface area contributed by atoms with Crippen LogP contribution in [-0.4, -0.2) is 24.1 Å². The summed E-state index contributed by atoms with van der Waals surface area (Å²) in [6.07, 6.45) is -0.703. The molecule has 0 radical (unpaired) electrons. The van der Waals surface area contributed by atoms with Gasteiger partial charge >= 0.3 is 5.97 Å². The quantitative estimate of drug-likeness (QED) is 0.844. The Morgan fingerprint density at radius 2 is 2.04 bits per heavy atom. The Balaban J connectivity index is 1.81. The zero-order valence-corrected chi connectivity index (χ0v) is 15.2. The third-order valence-corrected chi connectivity index (χ3v) is 4.29. The topological polar surface area (TPSA) is 90.7 Å². The molecule has 2 unspecified atom stereocenters. The number of methoxy groups -OCH3 is 1. The number of nitrogens with zero attached hydrogens (tertiary/aromatic N) is 1. The number of carbonyl (C=O) groups excluding carboxylic acids is 2. The number of hydrogen-bond donors (Lipinski definition) is 1. The first-order valence-corrected chi connectivity index (χ1v) is 8.40. The molecule has 2 aromatic rings. The number of rotatable bonds is 4. The van der Waals surface area contributed by atoms with E-state index in [9.17, 15) is 9.59 Å². The Morgan fingerprint density at radius 1 is 1.31 bits per heavy atom. The second-order valence-corrected chi connectivity index (χ2v) is 7.28. The summed E-state index contributed by atoms with van der Waals surface area (Å²) in [5.74, 6) is 0.109. The predicted octanol–water partition coefficient (Wildman–Crippen LogP) is 3.22. The van der Waals surface area contributed by atoms with Gasteiger partial charge < -0.3 is 19.3 Å². The minimum absolute atomic E-state index is 0.00146. The first kappa shape index (κ1) is 18.0. The number of hydrogen-bond acceptors (Lipinski definition) is 6. The number of aromatic nitrogens is 1. The Hall–Kier alpha value is -2.83. The molecule has 7 nitrogen and oxygen atoms in total. The van der Waals surface area contributed by atoms with E-state index in [1.54, 1.807) is 18.2 Å². The van der Waals surface area contributed by atoms with Crippen LogP contribution in [0.1, 0.15) is 44.6 Å². The third-order valence-electron chi connectivity index (χ3n) is 4.29. The molecule has 2 heterocycles. The molecule has 2 atom stereocenters. The fraction of sp³-hybridized carbons (Fsp3) is 0.421. The Bertz CT molecular complexity index is 821. The molecule has 7 heteroatoms. The predicted molar refractivity (Wildman–Crippen MR) is 93.8 cm³/mol. The molecular weight excluding hydrogens is 336 g/mol. The van der Waals surface area contributed by atoms with Crippen LogP contribution in [0.25, 0.3) is 0 Å². The summed E-state index contributed by atoms with van der Waals surface area (Å²) >= 11 is 0. The highest BCUT2D eigenvalue weighted by Gasteiger charge is 2.42. The highest BCUT2D eigenvalue weighted by molar-refractivity contribution is 5.95. The average Bonchev–Trinajstić information content (AvgIpc) is 3.21. The maximum absolute atomic E-state index is 12.7. The van der Waals surface area contributed by atoms with Crippen molar-refractivity contribution in [2.24, 2.45) is 5.92 Å². The molecule has 1 amide bonds. The lowest BCUT2D eigenvalue weighted by Gasteiger charge is -2.19. The van der Waals surface area contributed by atoms with Crippen LogP contribution in [0.5, 0.6) is 5.75 Å². The molecule has 0 bridgehead atoms. The fourth-order valence-corrected chi connectivity index (χ4v) is 2.88. The van der Waals surface area contributed by atoms with Crippen molar-refractivity contribution in [3.63, 3.8) is 0 Å². The van der Waals surface area contributed by atoms with Crippen LogP contribution in [-0.2, 0) is 19.7 Å². The lowest BCUT2D eigenvalue weighted by atomic mass is 9.93. The number of cyclic esters (lactones) is 1. The molecule has 1 aromatic carbocycles. The third kappa shape index (κ3) is 3.56. The van der Waals surface area contributed by atoms with Gasteiger partial charge in [-0.25, -0.2) is 0 Å². The van der Waals surface area contributed by atoms with Crippen molar-refractivity contribution in [3.05, 3.63) is 41.7 Å². The van der Waals surface area contributed by atoms with Gasteiger partial charge in [-0.15, -0.1) is 0 Å². The minimum Gasteiger partial charge on any atom is -0.496 e. The number of amides is 1. The van der Waals surface area contributed by atoms with E-state index in [2.05, 4.69) is 10.5 Å². The van der Waals surface area contributed by atoms with Crippen LogP contribution in [0, 0.1) is 5.92 Å². The molecule has 0 spiro atoms. The van der Waals surface area contributed by atoms with Crippen molar-refractivity contribution < 1.29 is 23.6 Å². The van der Waals surface area contributed by atoms with E-state index in [0.717, 1.165) is 0 Å². The monoisotopic (exact) mass is 358 g/mol. The van der Waals surface area contributed by atoms with E-state index in [1.807, 2.05) is 32.9 Å². The van der Waals surface area contributed by atoms with E-state index in [-0.39, 0.29) is 17.7 Å². The molecule has 1 aliphatic rings. The summed E-state index contributed by atoms with van der Waals surface area (Å²) in [5, 5.41) is 6.60. The number of para-hydroxylation sites is 1. The molecule has 3 rings (SSSR count). The first-order chi connectivity index (χ1) is 12.3. The molecule has 1 aromatic heterocycles. The fourth-order valence-electron chi connectivity index (χ4n) is 2.88. The van der Waals surface area contributed by atoms with Crippen LogP contribution in [0.15, 0.2) is 34.9 Å². The molecule has 0 aliphatic carbocycles. The summed E-state index contributed by atoms with van der Waals surface area (Å²) in [5.41, 5.74) is 0.444. The van der Waals surface area contributed by atoms with Crippen LogP contribution in [0.3, 0.4) is 0 Å². The Kier molecular flexibility index (Phi) is 4.71. The summed E-state index contributed by atoms with van der Waals surface area (Å²) in [6.45, 7) is 5.96. The highest BCUT2D eigenvalue weighted by atomic mass is 16.6. The molecule has 1 aliphatic heterocycles. The smallest absolute Gasteiger partial charge is 0.307 e. The van der Waals surface area contributed by atoms with Crippen molar-refractivity contribution in [1.29, 1.82) is 0 Å². The Morgan fingerprint density at radius 3 is 2.69 bits per heavy atom. The number of ether oxygens (including phenoxy) is 2. The van der Waals surface area contributed by atoms with Crippen LogP contribution >= 0.6 is 0 Å². The second-order valence-electron chi connectivity index (χ2n) is 7.28. The molecule has 0 saturated carbocycles. The summed E-state index contributed by atoms with van der Waals surface area (Å²) in [7, 11) is 1.54. The molecule has 26 heavy (non-hydrogen) atoms. The standard InChI is InChI=1S/C19H22N2O5/c1-19(2,3)14-10-15(21-26-14)20-18(23)12-9-16(22)25-17(12)11-7-5-6-8-13(11)24-4/h5-8,10,12,17H,9H2,1-4H3,(H,20,21,23). The number of nitrogens with one attached hydrogen (secondary N) is 1. The zero-order chi connectivity index (χ0) is 18.9. The van der Waals surface area contributed by atoms with Gasteiger partial charge in [-0.2, -0.15) is 0 Å². The van der Waals surface area contributed by atoms with E-state index in [4.69, 9.17) is 14.0 Å². The van der Waals surface area contributed by atoms with Crippen LogP contribution < -0.4 is 10.1 Å². The van der Waals surface area contributed by atoms with Gasteiger partial charge in [0.2, 0.25) is 5.91 Å². The minimum atomic E-state index is -0.701. The number of carbonyl (C=O) groups is 2. The maximum Gasteiger partial charge on any atom is 0.307 e. The highest BCUT2D eigenvalue weighted by Crippen LogP contribution is 2.40. The first-order valence-electron chi connectivity index (χ1n) is 8.40. The lowest BCUT2D eigenvalue weighted by Crippen LogP contribution is -2.25. The van der Waals surface area contributed by atoms with E-state index >= 15 is 0 Å². The van der Waals surface area contributed by atoms with Crippen molar-refractivity contribution in [2.75, 3.05) is 12.4 Å². The van der Waals surface area contributed by atoms with Crippen LogP contribution in [0.4, 0.5) is 5.82 Å². The van der Waals surface area contributed by atoms with Gasteiger partial charge in [0.05, 0.1) is 19.4 Å². The summed E-state index contributed by atoms with van der Waals surface area (Å²) in [4.78, 5) is 24.6. The van der Waals surface area contributed by atoms with Gasteiger partial charge in [-0.05, 0) is 6.07 Å². The lowest BCUT2D eigenvalue weighted by molar-refractivity contribution is -0.141. The SMILES string of the molecule is COc1ccccc1C1OC(=O)CC1C(=O)Nc1cc(C(C)(C)C)on1. The number of anilines is 1. The second kappa shape index (κ2) is 6.82. The van der Waals surface area contributed by atoms with E-state index in [0.29, 0.717) is 22.9 Å². The summed E-state index contributed by atoms with van der Waals surface area (Å²) in [6, 6.07) is 8.87. The van der Waals surface area contributed by atoms with Gasteiger partial charge in [-0.1, -0.05) is 44.1 Å². The largest absolute Gasteiger partial charge is 0.496 e. The van der Waals surface area contributed by atoms with Crippen LogP contribution in [0.2, 0.25) is 0 Å². The molecule has 1 fully saturated rings. The maximum atomic E-state index is 12.7. The van der Waals surface area contributed by atoms with Crippen molar-refractivity contribution in [2.45, 2.75) is 38.7 Å². The van der Waals surface area contributed by atoms with Crippen molar-refractivity contribution in [3.8, 4) is 5.75 Å². The molecule has 1 N–H and O–H groups in total. The normalized spacial score (nSPS) is 19.9. The Labute approximate surface area is 151 Å². The zero-order valence-electron chi connectivity index (χ0n) is 15.2. The molecule has 1 saturated heterocycles. The van der Waals surface area contributed by atoms with E-state index in [1.165, 1.54) is 7.11 Å². The average molecular weight is 358 g/mol.